The second-order valence-electron chi connectivity index (χ2n) is 2.95. The predicted molar refractivity (Wildman–Crippen MR) is 33.2 cm³/mol. The van der Waals surface area contributed by atoms with E-state index in [1.54, 1.807) is 6.04 Å². The van der Waals surface area contributed by atoms with E-state index in [1.165, 1.54) is 32.2 Å². The van der Waals surface area contributed by atoms with Crippen molar-refractivity contribution in [3.05, 3.63) is 6.04 Å². The lowest BCUT2D eigenvalue weighted by atomic mass is 9.91. The third-order valence-electron chi connectivity index (χ3n) is 2.27. The minimum atomic E-state index is 1.01. The van der Waals surface area contributed by atoms with Crippen molar-refractivity contribution in [2.75, 3.05) is 6.54 Å². The topological polar surface area (TPSA) is 12.0 Å². The average Bonchev–Trinajstić information content (AvgIpc) is 2.12. The summed E-state index contributed by atoms with van der Waals surface area (Å²) in [5, 5.41) is 3.44. The van der Waals surface area contributed by atoms with Crippen LogP contribution < -0.4 is 5.32 Å². The van der Waals surface area contributed by atoms with Crippen LogP contribution in [0.5, 0.6) is 0 Å². The van der Waals surface area contributed by atoms with Crippen LogP contribution in [0.4, 0.5) is 0 Å². The number of hydrogen-bond donors (Lipinski definition) is 1. The Labute approximate surface area is 50.5 Å². The molecule has 8 heavy (non-hydrogen) atoms. The van der Waals surface area contributed by atoms with E-state index < -0.39 is 0 Å². The van der Waals surface area contributed by atoms with Crippen molar-refractivity contribution in [1.82, 2.24) is 5.32 Å². The quantitative estimate of drug-likeness (QED) is 0.495. The number of hydrogen-bond acceptors (Lipinski definition) is 1. The van der Waals surface area contributed by atoms with E-state index >= 15 is 0 Å². The van der Waals surface area contributed by atoms with Crippen LogP contribution in [0, 0.1) is 12.0 Å². The van der Waals surface area contributed by atoms with Crippen LogP contribution in [0.15, 0.2) is 0 Å². The summed E-state index contributed by atoms with van der Waals surface area (Å²) in [7, 11) is 0. The van der Waals surface area contributed by atoms with Gasteiger partial charge in [-0.2, -0.15) is 0 Å². The van der Waals surface area contributed by atoms with E-state index in [1.807, 2.05) is 0 Å². The number of fused-ring (bicyclic) bond motifs is 2. The first-order valence-electron chi connectivity index (χ1n) is 3.54. The van der Waals surface area contributed by atoms with Crippen molar-refractivity contribution < 1.29 is 0 Å². The first kappa shape index (κ1) is 4.80. The number of nitrogens with one attached hydrogen (secondary N) is 1. The fraction of sp³-hybridized carbons (Fsp3) is 0.857. The summed E-state index contributed by atoms with van der Waals surface area (Å²) >= 11 is 0. The molecule has 0 amide bonds. The Bertz CT molecular complexity index is 76.4. The Morgan fingerprint density at radius 1 is 1.50 bits per heavy atom. The van der Waals surface area contributed by atoms with Gasteiger partial charge in [0.15, 0.2) is 0 Å². The van der Waals surface area contributed by atoms with E-state index in [9.17, 15) is 0 Å². The molecule has 1 atom stereocenters. The van der Waals surface area contributed by atoms with E-state index in [0.717, 1.165) is 5.92 Å². The largest absolute Gasteiger partial charge is 0.309 e. The lowest BCUT2D eigenvalue weighted by Crippen LogP contribution is -2.10. The molecule has 1 radical (unpaired) electrons. The highest BCUT2D eigenvalue weighted by atomic mass is 15.0. The molecular weight excluding hydrogens is 98.1 g/mol. The Balaban J connectivity index is 2.03. The third-order valence-corrected chi connectivity index (χ3v) is 2.27. The van der Waals surface area contributed by atoms with Gasteiger partial charge in [-0.05, 0) is 31.7 Å². The van der Waals surface area contributed by atoms with Crippen molar-refractivity contribution in [3.8, 4) is 0 Å². The van der Waals surface area contributed by atoms with Crippen LogP contribution in [-0.2, 0) is 0 Å². The Kier molecular flexibility index (Phi) is 1.04. The van der Waals surface area contributed by atoms with Gasteiger partial charge in [0, 0.05) is 6.04 Å². The molecule has 0 unspecified atom stereocenters. The summed E-state index contributed by atoms with van der Waals surface area (Å²) in [5.74, 6) is 1.01. The van der Waals surface area contributed by atoms with Crippen LogP contribution in [-0.4, -0.2) is 6.54 Å². The van der Waals surface area contributed by atoms with Crippen LogP contribution in [0.2, 0.25) is 0 Å². The molecule has 2 aliphatic rings. The van der Waals surface area contributed by atoms with Crippen molar-refractivity contribution in [3.63, 3.8) is 0 Å². The molecule has 1 aliphatic heterocycles. The van der Waals surface area contributed by atoms with Gasteiger partial charge in [0.25, 0.3) is 0 Å². The summed E-state index contributed by atoms with van der Waals surface area (Å²) in [6.45, 7) is 1.27. The van der Waals surface area contributed by atoms with E-state index in [2.05, 4.69) is 5.32 Å². The first-order valence-corrected chi connectivity index (χ1v) is 3.54. The lowest BCUT2D eigenvalue weighted by Gasteiger charge is -2.15. The van der Waals surface area contributed by atoms with Crippen LogP contribution in [0.1, 0.15) is 25.7 Å². The lowest BCUT2D eigenvalue weighted by molar-refractivity contribution is 0.464. The molecule has 2 bridgehead atoms. The van der Waals surface area contributed by atoms with Gasteiger partial charge in [-0.1, -0.05) is 6.42 Å². The zero-order valence-corrected chi connectivity index (χ0v) is 5.11. The van der Waals surface area contributed by atoms with Crippen molar-refractivity contribution in [1.29, 1.82) is 0 Å². The van der Waals surface area contributed by atoms with E-state index in [0.29, 0.717) is 0 Å². The maximum Gasteiger partial charge on any atom is 0.0367 e. The second-order valence-corrected chi connectivity index (χ2v) is 2.95. The average molecular weight is 110 g/mol. The molecule has 1 nitrogen and oxygen atoms in total. The molecule has 1 saturated heterocycles. The highest BCUT2D eigenvalue weighted by Gasteiger charge is 2.27. The monoisotopic (exact) mass is 110 g/mol. The van der Waals surface area contributed by atoms with Crippen LogP contribution >= 0.6 is 0 Å². The fourth-order valence-electron chi connectivity index (χ4n) is 1.78. The van der Waals surface area contributed by atoms with Crippen molar-refractivity contribution >= 4 is 0 Å². The molecule has 0 aromatic rings. The Morgan fingerprint density at radius 2 is 2.50 bits per heavy atom. The van der Waals surface area contributed by atoms with Gasteiger partial charge in [-0.25, -0.2) is 0 Å². The molecule has 1 aliphatic carbocycles. The summed E-state index contributed by atoms with van der Waals surface area (Å²) in [4.78, 5) is 0. The molecular formula is C7H12N. The van der Waals surface area contributed by atoms with Gasteiger partial charge in [-0.3, -0.25) is 0 Å². The predicted octanol–water partition coefficient (Wildman–Crippen LogP) is 1.31. The van der Waals surface area contributed by atoms with Gasteiger partial charge in [0.1, 0.15) is 0 Å². The minimum Gasteiger partial charge on any atom is -0.309 e. The summed E-state index contributed by atoms with van der Waals surface area (Å²) < 4.78 is 0. The Hall–Kier alpha value is -0.0400. The smallest absolute Gasteiger partial charge is 0.0367 e. The molecule has 0 spiro atoms. The SMILES string of the molecule is C1C[C]2C[C@H](C1)CN2. The summed E-state index contributed by atoms with van der Waals surface area (Å²) in [5.41, 5.74) is 0. The van der Waals surface area contributed by atoms with Crippen molar-refractivity contribution in [2.24, 2.45) is 5.92 Å². The van der Waals surface area contributed by atoms with Gasteiger partial charge < -0.3 is 5.32 Å². The summed E-state index contributed by atoms with van der Waals surface area (Å²) in [6.07, 6.45) is 5.65. The van der Waals surface area contributed by atoms with Gasteiger partial charge in [0.2, 0.25) is 0 Å². The summed E-state index contributed by atoms with van der Waals surface area (Å²) in [6, 6.07) is 1.63. The number of rotatable bonds is 0. The fourth-order valence-corrected chi connectivity index (χ4v) is 1.78. The van der Waals surface area contributed by atoms with E-state index in [-0.39, 0.29) is 0 Å². The highest BCUT2D eigenvalue weighted by molar-refractivity contribution is 4.99. The molecule has 2 fully saturated rings. The maximum absolute atomic E-state index is 3.44. The van der Waals surface area contributed by atoms with Gasteiger partial charge >= 0.3 is 0 Å². The molecule has 1 saturated carbocycles. The molecule has 1 heterocycles. The zero-order chi connectivity index (χ0) is 5.40. The normalized spacial score (nSPS) is 38.2. The van der Waals surface area contributed by atoms with Crippen LogP contribution in [0.3, 0.4) is 0 Å². The first-order chi connectivity index (χ1) is 3.95. The third kappa shape index (κ3) is 0.655. The van der Waals surface area contributed by atoms with Gasteiger partial charge in [-0.15, -0.1) is 0 Å². The van der Waals surface area contributed by atoms with E-state index in [4.69, 9.17) is 0 Å². The molecule has 1 N–H and O–H groups in total. The standard InChI is InChI=1S/C7H12N/c1-2-6-4-7(3-1)8-5-6/h6,8H,1-5H2/t6-/m0/s1. The molecule has 0 aromatic heterocycles. The van der Waals surface area contributed by atoms with Crippen molar-refractivity contribution in [2.45, 2.75) is 25.7 Å². The maximum atomic E-state index is 3.44. The van der Waals surface area contributed by atoms with Gasteiger partial charge in [0.05, 0.1) is 0 Å². The second kappa shape index (κ2) is 1.73. The molecule has 0 aromatic carbocycles. The highest BCUT2D eigenvalue weighted by Crippen LogP contribution is 2.33. The molecule has 2 rings (SSSR count). The molecule has 1 heteroatoms. The zero-order valence-electron chi connectivity index (χ0n) is 5.11. The Morgan fingerprint density at radius 3 is 3.25 bits per heavy atom. The minimum absolute atomic E-state index is 1.01. The van der Waals surface area contributed by atoms with Crippen LogP contribution in [0.25, 0.3) is 0 Å². The molecule has 45 valence electrons.